The quantitative estimate of drug-likeness (QED) is 0.209. The van der Waals surface area contributed by atoms with E-state index in [9.17, 15) is 0 Å². The van der Waals surface area contributed by atoms with E-state index in [0.29, 0.717) is 0 Å². The Morgan fingerprint density at radius 2 is 1.41 bits per heavy atom. The molecule has 1 unspecified atom stereocenters. The predicted molar refractivity (Wildman–Crippen MR) is 193 cm³/mol. The molecule has 3 aromatic carbocycles. The smallest absolute Gasteiger partial charge is 0.147 e. The van der Waals surface area contributed by atoms with Gasteiger partial charge < -0.3 is 0 Å². The summed E-state index contributed by atoms with van der Waals surface area (Å²) in [6, 6.07) is 27.4. The van der Waals surface area contributed by atoms with Crippen LogP contribution in [0.25, 0.3) is 11.6 Å². The minimum Gasteiger partial charge on any atom is -0.147 e. The number of benzene rings is 3. The van der Waals surface area contributed by atoms with Crippen molar-refractivity contribution in [2.75, 3.05) is 0 Å². The normalized spacial score (nSPS) is 18.0. The van der Waals surface area contributed by atoms with Crippen molar-refractivity contribution in [1.29, 1.82) is 0 Å². The first-order valence-corrected chi connectivity index (χ1v) is 19.5. The van der Waals surface area contributed by atoms with Crippen molar-refractivity contribution in [2.45, 2.75) is 73.1 Å². The molecule has 3 heteroatoms. The van der Waals surface area contributed by atoms with E-state index in [4.69, 9.17) is 0 Å². The molecule has 0 amide bonds. The van der Waals surface area contributed by atoms with E-state index < -0.39 is 21.3 Å². The zero-order chi connectivity index (χ0) is 29.3. The predicted octanol–water partition coefficient (Wildman–Crippen LogP) is 9.62. The monoisotopic (exact) mass is 698 g/mol. The number of hydrogen-bond acceptors (Lipinski definition) is 0. The molecular formula is C41H46Cl2Zr. The average Bonchev–Trinajstić information content (AvgIpc) is 3.64. The molecular weight excluding hydrogens is 655 g/mol. The summed E-state index contributed by atoms with van der Waals surface area (Å²) in [7, 11) is 0. The van der Waals surface area contributed by atoms with Gasteiger partial charge in [-0.25, -0.2) is 0 Å². The number of allylic oxidation sites excluding steroid dienone is 8. The van der Waals surface area contributed by atoms with Gasteiger partial charge in [0.15, 0.2) is 0 Å². The van der Waals surface area contributed by atoms with Gasteiger partial charge in [-0.15, -0.1) is 24.8 Å². The van der Waals surface area contributed by atoms with E-state index in [1.807, 2.05) is 3.28 Å². The molecule has 0 bridgehead atoms. The molecule has 3 aliphatic rings. The van der Waals surface area contributed by atoms with Crippen LogP contribution in [0.4, 0.5) is 0 Å². The minimum atomic E-state index is -2.60. The van der Waals surface area contributed by atoms with Gasteiger partial charge in [0.25, 0.3) is 0 Å². The van der Waals surface area contributed by atoms with Crippen LogP contribution in [0.1, 0.15) is 68.7 Å². The van der Waals surface area contributed by atoms with Gasteiger partial charge in [0.1, 0.15) is 0 Å². The van der Waals surface area contributed by atoms with Gasteiger partial charge in [0.05, 0.1) is 0 Å². The molecule has 3 aromatic rings. The molecule has 0 N–H and O–H groups in total. The molecule has 0 spiro atoms. The van der Waals surface area contributed by atoms with Crippen LogP contribution in [0.2, 0.25) is 0 Å². The number of halogens is 2. The second kappa shape index (κ2) is 14.9. The maximum absolute atomic E-state index is 2.60. The summed E-state index contributed by atoms with van der Waals surface area (Å²) in [4.78, 5) is 0. The Hall–Kier alpha value is -2.31. The Morgan fingerprint density at radius 1 is 0.795 bits per heavy atom. The molecule has 0 radical (unpaired) electrons. The third-order valence-electron chi connectivity index (χ3n) is 9.85. The SMILES string of the molecule is CCCCC1(C)C(C)=CC2=c3cc(C)c(C)cc3=CC2=[C]1[Zr]([C]1=CC=CC1)=[C](Cc1ccccc1)Cc1ccccc1.Cl.Cl. The van der Waals surface area contributed by atoms with Crippen LogP contribution in [-0.2, 0) is 34.1 Å². The van der Waals surface area contributed by atoms with Crippen molar-refractivity contribution in [3.05, 3.63) is 147 Å². The fourth-order valence-electron chi connectivity index (χ4n) is 7.19. The van der Waals surface area contributed by atoms with Gasteiger partial charge in [0.2, 0.25) is 0 Å². The first kappa shape index (κ1) is 34.6. The zero-order valence-corrected chi connectivity index (χ0v) is 31.0. The Bertz CT molecular complexity index is 1760. The Morgan fingerprint density at radius 3 is 1.98 bits per heavy atom. The number of hydrogen-bond donors (Lipinski definition) is 0. The standard InChI is InChI=1S/C21H25.C15H14.C5H5.2ClH.Zr/c1-6-7-8-21(5)13-18-12-17-9-14(2)15(3)10-19(17)20(18)11-16(21)4;1-3-8-14(9-4-1)12-7-13-15-10-5-2-6-11-15;1-2-4-5-3-1;;;/h9-12H,6-8H2,1-5H3;1-6,8-11H,12-13H2;1-3H,4H2;2*1H;. The summed E-state index contributed by atoms with van der Waals surface area (Å²) in [5, 5.41) is 2.86. The molecule has 3 aliphatic carbocycles. The third kappa shape index (κ3) is 6.77. The molecule has 6 rings (SSSR count). The van der Waals surface area contributed by atoms with Crippen molar-refractivity contribution >= 4 is 39.7 Å². The molecule has 1 atom stereocenters. The first-order chi connectivity index (χ1) is 20.4. The fraction of sp³-hybridized carbons (Fsp3) is 0.293. The van der Waals surface area contributed by atoms with Gasteiger partial charge in [-0.2, -0.15) is 0 Å². The van der Waals surface area contributed by atoms with Crippen molar-refractivity contribution in [3.8, 4) is 0 Å². The van der Waals surface area contributed by atoms with Crippen LogP contribution in [0.15, 0.2) is 115 Å². The van der Waals surface area contributed by atoms with Crippen LogP contribution in [0.3, 0.4) is 0 Å². The Balaban J connectivity index is 0.00000221. The summed E-state index contributed by atoms with van der Waals surface area (Å²) < 4.78 is 5.38. The number of unbranched alkanes of at least 4 members (excludes halogenated alkanes) is 1. The van der Waals surface area contributed by atoms with Crippen LogP contribution >= 0.6 is 24.8 Å². The van der Waals surface area contributed by atoms with Crippen LogP contribution < -0.4 is 10.4 Å². The van der Waals surface area contributed by atoms with Gasteiger partial charge in [-0.3, -0.25) is 0 Å². The molecule has 0 heterocycles. The molecule has 228 valence electrons. The second-order valence-electron chi connectivity index (χ2n) is 12.8. The second-order valence-corrected chi connectivity index (χ2v) is 19.2. The Kier molecular flexibility index (Phi) is 11.7. The molecule has 0 fully saturated rings. The van der Waals surface area contributed by atoms with Crippen molar-refractivity contribution < 1.29 is 21.3 Å². The van der Waals surface area contributed by atoms with E-state index in [1.165, 1.54) is 57.5 Å². The topological polar surface area (TPSA) is 0 Å². The van der Waals surface area contributed by atoms with Gasteiger partial charge in [-0.1, -0.05) is 0 Å². The van der Waals surface area contributed by atoms with E-state index in [1.54, 1.807) is 17.6 Å². The minimum absolute atomic E-state index is 0. The number of fused-ring (bicyclic) bond motifs is 2. The summed E-state index contributed by atoms with van der Waals surface area (Å²) in [6.45, 7) is 11.9. The van der Waals surface area contributed by atoms with Crippen molar-refractivity contribution in [1.82, 2.24) is 0 Å². The molecule has 0 aromatic heterocycles. The van der Waals surface area contributed by atoms with Crippen LogP contribution in [0, 0.1) is 19.3 Å². The van der Waals surface area contributed by atoms with E-state index in [2.05, 4.69) is 138 Å². The summed E-state index contributed by atoms with van der Waals surface area (Å²) in [6.07, 6.45) is 19.4. The maximum Gasteiger partial charge on any atom is -0.147 e. The maximum atomic E-state index is 2.60. The molecule has 0 nitrogen and oxygen atoms in total. The van der Waals surface area contributed by atoms with Gasteiger partial charge in [-0.05, 0) is 0 Å². The van der Waals surface area contributed by atoms with Crippen LogP contribution in [-0.4, -0.2) is 3.21 Å². The van der Waals surface area contributed by atoms with E-state index in [-0.39, 0.29) is 30.2 Å². The average molecular weight is 701 g/mol. The van der Waals surface area contributed by atoms with Gasteiger partial charge >= 0.3 is 262 Å². The summed E-state index contributed by atoms with van der Waals surface area (Å²) >= 11 is -2.60. The summed E-state index contributed by atoms with van der Waals surface area (Å²) in [5.74, 6) is 0. The van der Waals surface area contributed by atoms with Crippen molar-refractivity contribution in [2.24, 2.45) is 5.41 Å². The summed E-state index contributed by atoms with van der Waals surface area (Å²) in [5.41, 5.74) is 10.4. The molecule has 0 aliphatic heterocycles. The number of rotatable bonds is 9. The molecule has 44 heavy (non-hydrogen) atoms. The first-order valence-electron chi connectivity index (χ1n) is 15.8. The molecule has 0 saturated carbocycles. The fourth-order valence-corrected chi connectivity index (χ4v) is 16.6. The van der Waals surface area contributed by atoms with Crippen molar-refractivity contribution in [3.63, 3.8) is 0 Å². The van der Waals surface area contributed by atoms with Gasteiger partial charge in [0, 0.05) is 0 Å². The largest absolute Gasteiger partial charge is 0.147 e. The number of aryl methyl sites for hydroxylation is 2. The van der Waals surface area contributed by atoms with E-state index >= 15 is 0 Å². The molecule has 0 saturated heterocycles. The van der Waals surface area contributed by atoms with Crippen LogP contribution in [0.5, 0.6) is 0 Å². The zero-order valence-electron chi connectivity index (χ0n) is 26.9. The van der Waals surface area contributed by atoms with E-state index in [0.717, 1.165) is 19.3 Å². The third-order valence-corrected chi connectivity index (χ3v) is 18.2. The Labute approximate surface area is 285 Å².